The molecule has 4 aromatic rings. The number of aryl methyl sites for hydroxylation is 1. The lowest BCUT2D eigenvalue weighted by Crippen LogP contribution is -2.15. The molecule has 32 heavy (non-hydrogen) atoms. The summed E-state index contributed by atoms with van der Waals surface area (Å²) in [5.41, 5.74) is 1.98. The predicted octanol–water partition coefficient (Wildman–Crippen LogP) is 3.34. The molecule has 0 unspecified atom stereocenters. The van der Waals surface area contributed by atoms with Gasteiger partial charge in [-0.1, -0.05) is 28.8 Å². The van der Waals surface area contributed by atoms with Crippen molar-refractivity contribution in [3.63, 3.8) is 0 Å². The van der Waals surface area contributed by atoms with E-state index in [-0.39, 0.29) is 17.9 Å². The maximum atomic E-state index is 12.5. The van der Waals surface area contributed by atoms with E-state index in [1.54, 1.807) is 49.6 Å². The third-order valence-corrected chi connectivity index (χ3v) is 4.56. The Bertz CT molecular complexity index is 1240. The Morgan fingerprint density at radius 2 is 1.94 bits per heavy atom. The Morgan fingerprint density at radius 3 is 2.66 bits per heavy atom. The second-order valence-corrected chi connectivity index (χ2v) is 7.25. The zero-order valence-corrected chi connectivity index (χ0v) is 18.1. The van der Waals surface area contributed by atoms with Gasteiger partial charge in [-0.05, 0) is 30.7 Å². The first-order valence-electron chi connectivity index (χ1n) is 9.41. The maximum absolute atomic E-state index is 12.5. The average molecular weight is 452 g/mol. The number of carbonyl (C=O) groups excluding carboxylic acids is 1. The van der Waals surface area contributed by atoms with Crippen LogP contribution in [0.2, 0.25) is 5.02 Å². The van der Waals surface area contributed by atoms with Crippen LogP contribution in [0.3, 0.4) is 0 Å². The molecule has 1 amide bonds. The molecular weight excluding hydrogens is 434 g/mol. The van der Waals surface area contributed by atoms with Gasteiger partial charge in [-0.2, -0.15) is 15.0 Å². The number of anilines is 4. The minimum Gasteiger partial charge on any atom is -0.399 e. The Hall–Kier alpha value is -4.12. The number of hydrogen-bond acceptors (Lipinski definition) is 10. The number of carbonyl (C=O) groups is 1. The molecule has 0 aliphatic rings. The molecule has 0 aliphatic heterocycles. The lowest BCUT2D eigenvalue weighted by atomic mass is 10.2. The first kappa shape index (κ1) is 21.1. The Labute approximate surface area is 187 Å². The molecule has 12 heteroatoms. The van der Waals surface area contributed by atoms with Crippen molar-refractivity contribution in [3.05, 3.63) is 59.2 Å². The lowest BCUT2D eigenvalue weighted by molar-refractivity contribution is 0.0991. The third-order valence-electron chi connectivity index (χ3n) is 4.24. The number of para-hydroxylation sites is 1. The molecule has 0 fully saturated rings. The van der Waals surface area contributed by atoms with Crippen LogP contribution in [-0.4, -0.2) is 50.1 Å². The quantitative estimate of drug-likeness (QED) is 0.449. The number of pyridine rings is 1. The smallest absolute Gasteiger partial charge is 0.322 e. The zero-order chi connectivity index (χ0) is 22.7. The van der Waals surface area contributed by atoms with Gasteiger partial charge in [0.25, 0.3) is 0 Å². The van der Waals surface area contributed by atoms with E-state index in [0.29, 0.717) is 28.0 Å². The van der Waals surface area contributed by atoms with Gasteiger partial charge in [-0.15, -0.1) is 5.10 Å². The van der Waals surface area contributed by atoms with Crippen LogP contribution >= 0.6 is 11.6 Å². The van der Waals surface area contributed by atoms with Gasteiger partial charge < -0.3 is 14.6 Å². The number of nitrogens with zero attached hydrogens (tertiary/aromatic N) is 7. The van der Waals surface area contributed by atoms with E-state index in [2.05, 4.69) is 40.8 Å². The molecule has 0 bridgehead atoms. The monoisotopic (exact) mass is 451 g/mol. The normalized spacial score (nSPS) is 10.6. The van der Waals surface area contributed by atoms with Crippen molar-refractivity contribution < 1.29 is 9.21 Å². The number of amides is 1. The Kier molecular flexibility index (Phi) is 5.90. The van der Waals surface area contributed by atoms with Crippen molar-refractivity contribution >= 4 is 41.1 Å². The summed E-state index contributed by atoms with van der Waals surface area (Å²) < 4.78 is 5.43. The first-order chi connectivity index (χ1) is 15.4. The first-order valence-corrected chi connectivity index (χ1v) is 9.79. The third kappa shape index (κ3) is 4.62. The van der Waals surface area contributed by atoms with E-state index < -0.39 is 5.91 Å². The standard InChI is InChI=1S/C20H18ClN9O2/c1-11-6-4-8-13(21)14(11)23-16(31)17-28-29-20(32-17)27-18-24-15(12-7-5-9-22-10-12)25-19(26-18)30(2)3/h4-10H,1-3H3,(H,23,31)(H,24,25,26,27,29). The van der Waals surface area contributed by atoms with Gasteiger partial charge >= 0.3 is 17.8 Å². The van der Waals surface area contributed by atoms with Crippen LogP contribution in [0.5, 0.6) is 0 Å². The number of benzene rings is 1. The van der Waals surface area contributed by atoms with Crippen molar-refractivity contribution in [1.29, 1.82) is 0 Å². The largest absolute Gasteiger partial charge is 0.399 e. The van der Waals surface area contributed by atoms with Crippen molar-refractivity contribution in [2.45, 2.75) is 6.92 Å². The second kappa shape index (κ2) is 8.94. The SMILES string of the molecule is Cc1cccc(Cl)c1NC(=O)c1nnc(Nc2nc(-c3cccnc3)nc(N(C)C)n2)o1. The maximum Gasteiger partial charge on any atom is 0.322 e. The van der Waals surface area contributed by atoms with Crippen LogP contribution in [0.25, 0.3) is 11.4 Å². The fourth-order valence-corrected chi connectivity index (χ4v) is 2.93. The fourth-order valence-electron chi connectivity index (χ4n) is 2.66. The van der Waals surface area contributed by atoms with Gasteiger partial charge in [0, 0.05) is 32.1 Å². The van der Waals surface area contributed by atoms with E-state index in [1.165, 1.54) is 0 Å². The highest BCUT2D eigenvalue weighted by atomic mass is 35.5. The lowest BCUT2D eigenvalue weighted by Gasteiger charge is -2.12. The van der Waals surface area contributed by atoms with E-state index in [9.17, 15) is 4.79 Å². The van der Waals surface area contributed by atoms with Crippen molar-refractivity contribution in [2.24, 2.45) is 0 Å². The van der Waals surface area contributed by atoms with Crippen LogP contribution in [0.15, 0.2) is 47.1 Å². The van der Waals surface area contributed by atoms with Crippen LogP contribution in [0.4, 0.5) is 23.6 Å². The fraction of sp³-hybridized carbons (Fsp3) is 0.150. The van der Waals surface area contributed by atoms with E-state index >= 15 is 0 Å². The molecule has 0 saturated carbocycles. The predicted molar refractivity (Wildman–Crippen MR) is 119 cm³/mol. The average Bonchev–Trinajstić information content (AvgIpc) is 3.25. The van der Waals surface area contributed by atoms with E-state index in [1.807, 2.05) is 19.1 Å². The second-order valence-electron chi connectivity index (χ2n) is 6.84. The molecule has 11 nitrogen and oxygen atoms in total. The number of halogens is 1. The van der Waals surface area contributed by atoms with Gasteiger partial charge in [-0.3, -0.25) is 15.1 Å². The van der Waals surface area contributed by atoms with Crippen LogP contribution in [0.1, 0.15) is 16.2 Å². The molecular formula is C20H18ClN9O2. The summed E-state index contributed by atoms with van der Waals surface area (Å²) in [6, 6.07) is 8.85. The van der Waals surface area contributed by atoms with Gasteiger partial charge in [0.05, 0.1) is 10.7 Å². The summed E-state index contributed by atoms with van der Waals surface area (Å²) in [4.78, 5) is 31.5. The van der Waals surface area contributed by atoms with Crippen LogP contribution < -0.4 is 15.5 Å². The van der Waals surface area contributed by atoms with Crippen molar-refractivity contribution in [3.8, 4) is 11.4 Å². The van der Waals surface area contributed by atoms with Gasteiger partial charge in [0.1, 0.15) is 0 Å². The minimum atomic E-state index is -0.595. The number of hydrogen-bond donors (Lipinski definition) is 2. The highest BCUT2D eigenvalue weighted by Crippen LogP contribution is 2.26. The molecule has 162 valence electrons. The van der Waals surface area contributed by atoms with Crippen molar-refractivity contribution in [1.82, 2.24) is 30.1 Å². The summed E-state index contributed by atoms with van der Waals surface area (Å²) in [5, 5.41) is 13.5. The Morgan fingerprint density at radius 1 is 1.09 bits per heavy atom. The molecule has 0 radical (unpaired) electrons. The molecule has 4 rings (SSSR count). The molecule has 0 aliphatic carbocycles. The topological polar surface area (TPSA) is 135 Å². The molecule has 0 saturated heterocycles. The number of rotatable bonds is 6. The van der Waals surface area contributed by atoms with Gasteiger partial charge in [-0.25, -0.2) is 0 Å². The van der Waals surface area contributed by atoms with Crippen LogP contribution in [0, 0.1) is 6.92 Å². The number of nitrogens with one attached hydrogen (secondary N) is 2. The van der Waals surface area contributed by atoms with Gasteiger partial charge in [0.15, 0.2) is 5.82 Å². The summed E-state index contributed by atoms with van der Waals surface area (Å²) >= 11 is 6.15. The summed E-state index contributed by atoms with van der Waals surface area (Å²) in [6.07, 6.45) is 3.30. The van der Waals surface area contributed by atoms with E-state index in [0.717, 1.165) is 5.56 Å². The van der Waals surface area contributed by atoms with Gasteiger partial charge in [0.2, 0.25) is 11.9 Å². The number of aromatic nitrogens is 6. The molecule has 1 aromatic carbocycles. The molecule has 0 spiro atoms. The zero-order valence-electron chi connectivity index (χ0n) is 17.4. The Balaban J connectivity index is 1.57. The highest BCUT2D eigenvalue weighted by Gasteiger charge is 2.19. The summed E-state index contributed by atoms with van der Waals surface area (Å²) in [5.74, 6) is 0.141. The molecule has 0 atom stereocenters. The molecule has 3 aromatic heterocycles. The highest BCUT2D eigenvalue weighted by molar-refractivity contribution is 6.34. The molecule has 3 heterocycles. The van der Waals surface area contributed by atoms with Crippen LogP contribution in [-0.2, 0) is 0 Å². The van der Waals surface area contributed by atoms with E-state index in [4.69, 9.17) is 16.0 Å². The summed E-state index contributed by atoms with van der Waals surface area (Å²) in [6.45, 7) is 1.82. The minimum absolute atomic E-state index is 0.0564. The van der Waals surface area contributed by atoms with Crippen molar-refractivity contribution in [2.75, 3.05) is 29.6 Å². The molecule has 2 N–H and O–H groups in total. The summed E-state index contributed by atoms with van der Waals surface area (Å²) in [7, 11) is 3.61.